The van der Waals surface area contributed by atoms with Gasteiger partial charge in [-0.15, -0.1) is 0 Å². The highest BCUT2D eigenvalue weighted by molar-refractivity contribution is 7.89. The molecule has 8 nitrogen and oxygen atoms in total. The Morgan fingerprint density at radius 1 is 1.00 bits per heavy atom. The molecule has 0 unspecified atom stereocenters. The second-order valence-electron chi connectivity index (χ2n) is 10.5. The van der Waals surface area contributed by atoms with Crippen LogP contribution in [0.1, 0.15) is 51.7 Å². The van der Waals surface area contributed by atoms with Crippen LogP contribution in [0.25, 0.3) is 0 Å². The molecule has 3 rings (SSSR count). The molecule has 1 aliphatic heterocycles. The Labute approximate surface area is 213 Å². The summed E-state index contributed by atoms with van der Waals surface area (Å²) in [4.78, 5) is 25.1. The number of nitrogens with zero attached hydrogens (tertiary/aromatic N) is 2. The topological polar surface area (TPSA) is 107 Å². The van der Waals surface area contributed by atoms with Crippen LogP contribution in [0.2, 0.25) is 0 Å². The number of piperidine rings is 1. The lowest BCUT2D eigenvalue weighted by Gasteiger charge is -2.53. The van der Waals surface area contributed by atoms with Crippen molar-refractivity contribution in [3.63, 3.8) is 0 Å². The Morgan fingerprint density at radius 2 is 1.50 bits per heavy atom. The molecule has 2 aromatic rings. The molecule has 1 aliphatic rings. The first kappa shape index (κ1) is 27.4. The third kappa shape index (κ3) is 6.14. The molecule has 1 heterocycles. The second-order valence-corrected chi connectivity index (χ2v) is 12.3. The number of carboxylic acid groups (broad SMARTS) is 1. The summed E-state index contributed by atoms with van der Waals surface area (Å²) in [6.07, 6.45) is 1.09. The number of carbonyl (C=O) groups excluding carboxylic acids is 1. The number of amides is 2. The van der Waals surface area contributed by atoms with Gasteiger partial charge in [0.05, 0.1) is 4.90 Å². The minimum atomic E-state index is -3.87. The van der Waals surface area contributed by atoms with Crippen LogP contribution in [0.5, 0.6) is 0 Å². The van der Waals surface area contributed by atoms with Crippen molar-refractivity contribution in [2.45, 2.75) is 75.6 Å². The van der Waals surface area contributed by atoms with Gasteiger partial charge in [0.15, 0.2) is 0 Å². The lowest BCUT2D eigenvalue weighted by atomic mass is 9.79. The summed E-state index contributed by atoms with van der Waals surface area (Å²) in [5.41, 5.74) is 0.0513. The first-order valence-corrected chi connectivity index (χ1v) is 13.3. The number of carbonyl (C=O) groups is 2. The van der Waals surface area contributed by atoms with Crippen LogP contribution in [0.4, 0.5) is 4.79 Å². The van der Waals surface area contributed by atoms with E-state index in [9.17, 15) is 23.1 Å². The van der Waals surface area contributed by atoms with Crippen molar-refractivity contribution in [2.75, 3.05) is 0 Å². The fourth-order valence-electron chi connectivity index (χ4n) is 5.36. The molecular formula is C27H35N3O5S. The van der Waals surface area contributed by atoms with Gasteiger partial charge < -0.3 is 10.4 Å². The molecule has 0 atom stereocenters. The highest BCUT2D eigenvalue weighted by atomic mass is 32.2. The summed E-state index contributed by atoms with van der Waals surface area (Å²) < 4.78 is 29.1. The van der Waals surface area contributed by atoms with E-state index in [1.54, 1.807) is 12.1 Å². The van der Waals surface area contributed by atoms with E-state index in [1.165, 1.54) is 27.4 Å². The van der Waals surface area contributed by atoms with Crippen LogP contribution in [0.3, 0.4) is 0 Å². The van der Waals surface area contributed by atoms with Gasteiger partial charge in [-0.3, -0.25) is 9.69 Å². The average molecular weight is 514 g/mol. The van der Waals surface area contributed by atoms with E-state index in [-0.39, 0.29) is 29.9 Å². The van der Waals surface area contributed by atoms with E-state index in [2.05, 4.69) is 11.9 Å². The molecule has 1 fully saturated rings. The minimum Gasteiger partial charge on any atom is -0.465 e. The van der Waals surface area contributed by atoms with Gasteiger partial charge in [-0.25, -0.2) is 13.2 Å². The zero-order chi connectivity index (χ0) is 26.7. The van der Waals surface area contributed by atoms with Gasteiger partial charge in [-0.2, -0.15) is 4.31 Å². The normalized spacial score (nSPS) is 17.8. The third-order valence-electron chi connectivity index (χ3n) is 6.45. The molecule has 0 spiro atoms. The van der Waals surface area contributed by atoms with E-state index in [4.69, 9.17) is 0 Å². The van der Waals surface area contributed by atoms with E-state index in [0.717, 1.165) is 5.56 Å². The lowest BCUT2D eigenvalue weighted by Crippen LogP contribution is -2.65. The summed E-state index contributed by atoms with van der Waals surface area (Å²) in [5.74, 6) is -0.277. The fourth-order valence-corrected chi connectivity index (χ4v) is 7.51. The number of benzene rings is 2. The molecule has 2 N–H and O–H groups in total. The maximum absolute atomic E-state index is 13.8. The fraction of sp³-hybridized carbons (Fsp3) is 0.407. The molecule has 0 aliphatic carbocycles. The number of sulfonamides is 1. The van der Waals surface area contributed by atoms with Gasteiger partial charge >= 0.3 is 6.09 Å². The van der Waals surface area contributed by atoms with Crippen molar-refractivity contribution in [2.24, 2.45) is 0 Å². The SMILES string of the molecule is C=CC(=O)NC1CC(C)(C)N(S(=O)(=O)c2ccc(CN(Cc3ccccc3)C(=O)O)cc2)C(C)(C)C1. The van der Waals surface area contributed by atoms with Crippen LogP contribution >= 0.6 is 0 Å². The molecular weight excluding hydrogens is 478 g/mol. The minimum absolute atomic E-state index is 0.135. The van der Waals surface area contributed by atoms with Gasteiger partial charge in [0, 0.05) is 30.2 Å². The second kappa shape index (κ2) is 10.4. The molecule has 0 radical (unpaired) electrons. The van der Waals surface area contributed by atoms with Crippen LogP contribution in [-0.2, 0) is 27.9 Å². The average Bonchev–Trinajstić information content (AvgIpc) is 2.77. The summed E-state index contributed by atoms with van der Waals surface area (Å²) in [5, 5.41) is 12.6. The zero-order valence-electron chi connectivity index (χ0n) is 21.3. The Bertz CT molecular complexity index is 1190. The van der Waals surface area contributed by atoms with Crippen molar-refractivity contribution in [3.8, 4) is 0 Å². The van der Waals surface area contributed by atoms with Crippen LogP contribution in [0, 0.1) is 0 Å². The van der Waals surface area contributed by atoms with Crippen LogP contribution in [-0.4, -0.2) is 51.8 Å². The van der Waals surface area contributed by atoms with E-state index in [1.807, 2.05) is 58.0 Å². The van der Waals surface area contributed by atoms with Crippen molar-refractivity contribution in [1.82, 2.24) is 14.5 Å². The molecule has 2 amide bonds. The maximum Gasteiger partial charge on any atom is 0.407 e. The molecule has 1 saturated heterocycles. The molecule has 36 heavy (non-hydrogen) atoms. The molecule has 0 saturated carbocycles. The quantitative estimate of drug-likeness (QED) is 0.510. The van der Waals surface area contributed by atoms with E-state index in [0.29, 0.717) is 18.4 Å². The molecule has 2 aromatic carbocycles. The van der Waals surface area contributed by atoms with Crippen LogP contribution < -0.4 is 5.32 Å². The van der Waals surface area contributed by atoms with Gasteiger partial charge in [-0.05, 0) is 69.9 Å². The van der Waals surface area contributed by atoms with Crippen molar-refractivity contribution in [1.29, 1.82) is 0 Å². The molecule has 194 valence electrons. The van der Waals surface area contributed by atoms with Crippen molar-refractivity contribution >= 4 is 22.0 Å². The van der Waals surface area contributed by atoms with Crippen LogP contribution in [0.15, 0.2) is 72.1 Å². The Balaban J connectivity index is 1.81. The predicted octanol–water partition coefficient (Wildman–Crippen LogP) is 4.38. The lowest BCUT2D eigenvalue weighted by molar-refractivity contribution is -0.118. The number of hydrogen-bond acceptors (Lipinski definition) is 4. The predicted molar refractivity (Wildman–Crippen MR) is 139 cm³/mol. The number of rotatable bonds is 8. The monoisotopic (exact) mass is 513 g/mol. The highest BCUT2D eigenvalue weighted by Gasteiger charge is 2.51. The molecule has 9 heteroatoms. The highest BCUT2D eigenvalue weighted by Crippen LogP contribution is 2.42. The largest absolute Gasteiger partial charge is 0.465 e. The van der Waals surface area contributed by atoms with E-state index < -0.39 is 27.2 Å². The first-order valence-electron chi connectivity index (χ1n) is 11.9. The summed E-state index contributed by atoms with van der Waals surface area (Å²) in [6, 6.07) is 15.5. The molecule has 0 bridgehead atoms. The van der Waals surface area contributed by atoms with Crippen molar-refractivity contribution < 1.29 is 23.1 Å². The number of hydrogen-bond donors (Lipinski definition) is 2. The van der Waals surface area contributed by atoms with Gasteiger partial charge in [-0.1, -0.05) is 49.0 Å². The molecule has 0 aromatic heterocycles. The van der Waals surface area contributed by atoms with E-state index >= 15 is 0 Å². The Morgan fingerprint density at radius 3 is 1.97 bits per heavy atom. The van der Waals surface area contributed by atoms with Gasteiger partial charge in [0.1, 0.15) is 0 Å². The summed E-state index contributed by atoms with van der Waals surface area (Å²) in [7, 11) is -3.87. The van der Waals surface area contributed by atoms with Gasteiger partial charge in [0.25, 0.3) is 0 Å². The number of nitrogens with one attached hydrogen (secondary N) is 1. The van der Waals surface area contributed by atoms with Crippen molar-refractivity contribution in [3.05, 3.63) is 78.4 Å². The third-order valence-corrected chi connectivity index (χ3v) is 8.78. The van der Waals surface area contributed by atoms with Gasteiger partial charge in [0.2, 0.25) is 15.9 Å². The smallest absolute Gasteiger partial charge is 0.407 e. The first-order chi connectivity index (χ1) is 16.8. The summed E-state index contributed by atoms with van der Waals surface area (Å²) >= 11 is 0. The Hall–Kier alpha value is -3.17. The zero-order valence-corrected chi connectivity index (χ0v) is 22.1. The maximum atomic E-state index is 13.8. The standard InChI is InChI=1S/C27H35N3O5S/c1-6-24(31)28-22-16-26(2,3)30(27(4,5)17-22)36(34,35)23-14-12-21(13-15-23)19-29(25(32)33)18-20-10-8-7-9-11-20/h6-15,22H,1,16-19H2,2-5H3,(H,28,31)(H,32,33). The summed E-state index contributed by atoms with van der Waals surface area (Å²) in [6.45, 7) is 11.3. The Kier molecular flexibility index (Phi) is 7.95.